The Morgan fingerprint density at radius 1 is 1.26 bits per heavy atom. The number of benzene rings is 1. The van der Waals surface area contributed by atoms with Gasteiger partial charge in [-0.05, 0) is 38.4 Å². The molecule has 0 aliphatic carbocycles. The van der Waals surface area contributed by atoms with E-state index in [0.29, 0.717) is 12.5 Å². The van der Waals surface area contributed by atoms with Gasteiger partial charge in [-0.25, -0.2) is 8.42 Å². The van der Waals surface area contributed by atoms with Crippen molar-refractivity contribution in [2.45, 2.75) is 32.9 Å². The van der Waals surface area contributed by atoms with E-state index in [0.717, 1.165) is 24.3 Å². The van der Waals surface area contributed by atoms with Crippen LogP contribution in [0.3, 0.4) is 0 Å². The number of nitrogens with zero attached hydrogens (tertiary/aromatic N) is 1. The Labute approximate surface area is 116 Å². The first-order valence-electron chi connectivity index (χ1n) is 6.55. The number of nitrogens with two attached hydrogens (primary N) is 1. The molecule has 0 spiro atoms. The van der Waals surface area contributed by atoms with Gasteiger partial charge >= 0.3 is 0 Å². The van der Waals surface area contributed by atoms with Gasteiger partial charge in [-0.1, -0.05) is 18.2 Å². The maximum Gasteiger partial charge on any atom is 0.147 e. The highest BCUT2D eigenvalue weighted by molar-refractivity contribution is 7.90. The summed E-state index contributed by atoms with van der Waals surface area (Å²) in [5.41, 5.74) is 7.83. The maximum atomic E-state index is 11.2. The third kappa shape index (κ3) is 6.07. The van der Waals surface area contributed by atoms with E-state index in [1.165, 1.54) is 6.26 Å². The van der Waals surface area contributed by atoms with E-state index >= 15 is 0 Å². The normalized spacial score (nSPS) is 12.3. The van der Waals surface area contributed by atoms with Crippen LogP contribution in [0.2, 0.25) is 0 Å². The second-order valence-corrected chi connectivity index (χ2v) is 7.51. The van der Waals surface area contributed by atoms with Crippen LogP contribution in [0.4, 0.5) is 5.69 Å². The molecule has 1 aromatic rings. The fraction of sp³-hybridized carbons (Fsp3) is 0.571. The second-order valence-electron chi connectivity index (χ2n) is 5.25. The summed E-state index contributed by atoms with van der Waals surface area (Å²) in [4.78, 5) is 2.25. The average molecular weight is 284 g/mol. The fourth-order valence-electron chi connectivity index (χ4n) is 1.95. The van der Waals surface area contributed by atoms with Crippen molar-refractivity contribution in [2.75, 3.05) is 24.3 Å². The van der Waals surface area contributed by atoms with Crippen molar-refractivity contribution >= 4 is 15.5 Å². The second kappa shape index (κ2) is 6.91. The summed E-state index contributed by atoms with van der Waals surface area (Å²) < 4.78 is 22.3. The minimum absolute atomic E-state index is 0.237. The summed E-state index contributed by atoms with van der Waals surface area (Å²) in [7, 11) is -2.88. The summed E-state index contributed by atoms with van der Waals surface area (Å²) in [5, 5.41) is 0. The highest BCUT2D eigenvalue weighted by Crippen LogP contribution is 2.15. The molecule has 0 saturated heterocycles. The molecule has 2 N–H and O–H groups in total. The lowest BCUT2D eigenvalue weighted by Crippen LogP contribution is -2.32. The maximum absolute atomic E-state index is 11.2. The lowest BCUT2D eigenvalue weighted by molar-refractivity contribution is 0.214. The molecule has 0 heterocycles. The van der Waals surface area contributed by atoms with Crippen molar-refractivity contribution in [1.29, 1.82) is 0 Å². The minimum atomic E-state index is -2.88. The lowest BCUT2D eigenvalue weighted by Gasteiger charge is -2.27. The molecule has 0 bridgehead atoms. The Morgan fingerprint density at radius 2 is 1.89 bits per heavy atom. The van der Waals surface area contributed by atoms with Crippen molar-refractivity contribution in [1.82, 2.24) is 4.90 Å². The molecule has 0 unspecified atom stereocenters. The SMILES string of the molecule is CC(C)N(CCCS(C)(=O)=O)Cc1ccccc1N. The number of nitrogen functional groups attached to an aromatic ring is 1. The van der Waals surface area contributed by atoms with Gasteiger partial charge in [-0.2, -0.15) is 0 Å². The lowest BCUT2D eigenvalue weighted by atomic mass is 10.1. The van der Waals surface area contributed by atoms with Crippen molar-refractivity contribution in [3.05, 3.63) is 29.8 Å². The van der Waals surface area contributed by atoms with Gasteiger partial charge in [-0.3, -0.25) is 4.90 Å². The van der Waals surface area contributed by atoms with Gasteiger partial charge in [0.25, 0.3) is 0 Å². The van der Waals surface area contributed by atoms with Crippen LogP contribution in [-0.4, -0.2) is 37.9 Å². The third-order valence-corrected chi connectivity index (χ3v) is 4.15. The number of sulfone groups is 1. The Kier molecular flexibility index (Phi) is 5.82. The van der Waals surface area contributed by atoms with Crippen molar-refractivity contribution < 1.29 is 8.42 Å². The van der Waals surface area contributed by atoms with Crippen LogP contribution in [0.25, 0.3) is 0 Å². The summed E-state index contributed by atoms with van der Waals surface area (Å²) in [6, 6.07) is 8.16. The van der Waals surface area contributed by atoms with Crippen LogP contribution in [-0.2, 0) is 16.4 Å². The first-order chi connectivity index (χ1) is 8.79. The zero-order valence-electron chi connectivity index (χ0n) is 12.0. The molecular weight excluding hydrogens is 260 g/mol. The molecule has 1 rings (SSSR count). The number of rotatable bonds is 7. The smallest absolute Gasteiger partial charge is 0.147 e. The van der Waals surface area contributed by atoms with Crippen molar-refractivity contribution in [3.8, 4) is 0 Å². The number of hydrogen-bond acceptors (Lipinski definition) is 4. The monoisotopic (exact) mass is 284 g/mol. The largest absolute Gasteiger partial charge is 0.398 e. The van der Waals surface area contributed by atoms with Crippen LogP contribution < -0.4 is 5.73 Å². The number of anilines is 1. The summed E-state index contributed by atoms with van der Waals surface area (Å²) in [6.07, 6.45) is 1.94. The summed E-state index contributed by atoms with van der Waals surface area (Å²) in [5.74, 6) is 0.237. The van der Waals surface area contributed by atoms with Crippen LogP contribution >= 0.6 is 0 Å². The highest BCUT2D eigenvalue weighted by atomic mass is 32.2. The van der Waals surface area contributed by atoms with Crippen LogP contribution in [0.5, 0.6) is 0 Å². The molecule has 0 amide bonds. The third-order valence-electron chi connectivity index (χ3n) is 3.12. The van der Waals surface area contributed by atoms with Gasteiger partial charge in [-0.15, -0.1) is 0 Å². The van der Waals surface area contributed by atoms with Gasteiger partial charge in [0.2, 0.25) is 0 Å². The zero-order chi connectivity index (χ0) is 14.5. The van der Waals surface area contributed by atoms with E-state index in [-0.39, 0.29) is 5.75 Å². The number of hydrogen-bond donors (Lipinski definition) is 1. The topological polar surface area (TPSA) is 63.4 Å². The van der Waals surface area contributed by atoms with Crippen molar-refractivity contribution in [3.63, 3.8) is 0 Å². The molecule has 5 heteroatoms. The first kappa shape index (κ1) is 16.0. The molecule has 0 saturated carbocycles. The van der Waals surface area contributed by atoms with E-state index in [4.69, 9.17) is 5.73 Å². The highest BCUT2D eigenvalue weighted by Gasteiger charge is 2.12. The molecule has 0 aliphatic heterocycles. The Bertz CT molecular complexity index is 498. The minimum Gasteiger partial charge on any atom is -0.398 e. The quantitative estimate of drug-likeness (QED) is 0.777. The Balaban J connectivity index is 2.61. The van der Waals surface area contributed by atoms with E-state index < -0.39 is 9.84 Å². The fourth-order valence-corrected chi connectivity index (χ4v) is 2.60. The predicted octanol–water partition coefficient (Wildman–Crippen LogP) is 1.91. The molecule has 0 atom stereocenters. The van der Waals surface area contributed by atoms with Gasteiger partial charge in [0.15, 0.2) is 0 Å². The summed E-state index contributed by atoms with van der Waals surface area (Å²) >= 11 is 0. The van der Waals surface area contributed by atoms with Gasteiger partial charge in [0, 0.05) is 24.5 Å². The molecule has 0 radical (unpaired) electrons. The molecular formula is C14H24N2O2S. The molecule has 19 heavy (non-hydrogen) atoms. The molecule has 0 aliphatic rings. The number of para-hydroxylation sites is 1. The molecule has 0 aromatic heterocycles. The zero-order valence-corrected chi connectivity index (χ0v) is 12.8. The average Bonchev–Trinajstić information content (AvgIpc) is 2.28. The van der Waals surface area contributed by atoms with Gasteiger partial charge < -0.3 is 5.73 Å². The van der Waals surface area contributed by atoms with E-state index in [2.05, 4.69) is 18.7 Å². The van der Waals surface area contributed by atoms with E-state index in [1.807, 2.05) is 24.3 Å². The molecule has 4 nitrogen and oxygen atoms in total. The van der Waals surface area contributed by atoms with Crippen LogP contribution in [0.1, 0.15) is 25.8 Å². The molecule has 108 valence electrons. The predicted molar refractivity (Wildman–Crippen MR) is 80.7 cm³/mol. The van der Waals surface area contributed by atoms with Crippen LogP contribution in [0, 0.1) is 0 Å². The van der Waals surface area contributed by atoms with Gasteiger partial charge in [0.05, 0.1) is 5.75 Å². The Hall–Kier alpha value is -1.07. The van der Waals surface area contributed by atoms with Gasteiger partial charge in [0.1, 0.15) is 9.84 Å². The summed E-state index contributed by atoms with van der Waals surface area (Å²) in [6.45, 7) is 5.74. The Morgan fingerprint density at radius 3 is 2.42 bits per heavy atom. The first-order valence-corrected chi connectivity index (χ1v) is 8.61. The van der Waals surface area contributed by atoms with Crippen LogP contribution in [0.15, 0.2) is 24.3 Å². The van der Waals surface area contributed by atoms with E-state index in [9.17, 15) is 8.42 Å². The van der Waals surface area contributed by atoms with Crippen molar-refractivity contribution in [2.24, 2.45) is 0 Å². The molecule has 1 aromatic carbocycles. The standard InChI is InChI=1S/C14H24N2O2S/c1-12(2)16(9-6-10-19(3,17)18)11-13-7-4-5-8-14(13)15/h4-5,7-8,12H,6,9-11,15H2,1-3H3. The molecule has 0 fully saturated rings. The van der Waals surface area contributed by atoms with E-state index in [1.54, 1.807) is 0 Å².